The number of benzene rings is 3. The molecule has 0 spiro atoms. The Bertz CT molecular complexity index is 777. The maximum Gasteiger partial charge on any atom is 0.275 e. The zero-order valence-electron chi connectivity index (χ0n) is 13.0. The lowest BCUT2D eigenvalue weighted by molar-refractivity contribution is -0.107. The lowest BCUT2D eigenvalue weighted by atomic mass is 10.0. The quantitative estimate of drug-likeness (QED) is 0.635. The van der Waals surface area contributed by atoms with Gasteiger partial charge in [-0.25, -0.2) is 0 Å². The molecule has 0 amide bonds. The van der Waals surface area contributed by atoms with Gasteiger partial charge in [-0.2, -0.15) is 0 Å². The molecular weight excluding hydrogens is 284 g/mol. The lowest BCUT2D eigenvalue weighted by Gasteiger charge is -2.35. The van der Waals surface area contributed by atoms with E-state index in [0.29, 0.717) is 0 Å². The largest absolute Gasteiger partial charge is 0.448 e. The number of fused-ring (bicyclic) bond motifs is 2. The maximum atomic E-state index is 6.35. The Hall–Kier alpha value is -2.74. The second-order valence-corrected chi connectivity index (χ2v) is 5.91. The van der Waals surface area contributed by atoms with Crippen molar-refractivity contribution in [1.29, 1.82) is 0 Å². The van der Waals surface area contributed by atoms with Crippen LogP contribution in [0, 0.1) is 0 Å². The summed E-state index contributed by atoms with van der Waals surface area (Å²) < 4.78 is 12.7. The first kappa shape index (κ1) is 13.9. The molecule has 0 bridgehead atoms. The van der Waals surface area contributed by atoms with Gasteiger partial charge in [0.25, 0.3) is 5.79 Å². The molecule has 4 rings (SSSR count). The molecule has 3 aromatic rings. The molecule has 1 heterocycles. The number of rotatable bonds is 1. The third-order valence-electron chi connectivity index (χ3n) is 4.23. The second-order valence-electron chi connectivity index (χ2n) is 5.91. The molecule has 0 aromatic heterocycles. The van der Waals surface area contributed by atoms with E-state index in [1.807, 2.05) is 73.7 Å². The zero-order chi connectivity index (χ0) is 15.7. The van der Waals surface area contributed by atoms with Gasteiger partial charge in [0, 0.05) is 18.9 Å². The summed E-state index contributed by atoms with van der Waals surface area (Å²) in [5.74, 6) is 0.871. The topological polar surface area (TPSA) is 18.5 Å². The van der Waals surface area contributed by atoms with E-state index in [0.717, 1.165) is 23.5 Å². The molecule has 114 valence electrons. The average molecular weight is 302 g/mol. The van der Waals surface area contributed by atoms with Gasteiger partial charge in [-0.3, -0.25) is 0 Å². The van der Waals surface area contributed by atoms with Crippen molar-refractivity contribution < 1.29 is 9.47 Å². The molecule has 0 saturated heterocycles. The Morgan fingerprint density at radius 1 is 0.652 bits per heavy atom. The molecule has 3 aromatic carbocycles. The average Bonchev–Trinajstić information content (AvgIpc) is 2.57. The van der Waals surface area contributed by atoms with Crippen molar-refractivity contribution in [2.45, 2.75) is 19.1 Å². The Labute approximate surface area is 136 Å². The number of hydrogen-bond donors (Lipinski definition) is 0. The van der Waals surface area contributed by atoms with E-state index in [2.05, 4.69) is 12.1 Å². The van der Waals surface area contributed by atoms with Gasteiger partial charge < -0.3 is 9.47 Å². The van der Waals surface area contributed by atoms with E-state index in [4.69, 9.17) is 9.47 Å². The van der Waals surface area contributed by atoms with E-state index in [9.17, 15) is 0 Å². The minimum atomic E-state index is -0.867. The maximum absolute atomic E-state index is 6.35. The summed E-state index contributed by atoms with van der Waals surface area (Å²) in [6.07, 6.45) is 0.803. The van der Waals surface area contributed by atoms with Crippen LogP contribution in [0.5, 0.6) is 11.5 Å². The van der Waals surface area contributed by atoms with Gasteiger partial charge in [-0.05, 0) is 23.3 Å². The van der Waals surface area contributed by atoms with Crippen molar-refractivity contribution in [1.82, 2.24) is 0 Å². The van der Waals surface area contributed by atoms with Gasteiger partial charge in [-0.1, -0.05) is 66.7 Å². The van der Waals surface area contributed by atoms with Crippen LogP contribution in [0.4, 0.5) is 0 Å². The SMILES string of the molecule is CC1(c2ccccc2)Oc2ccccc2Cc2ccccc2O1. The fourth-order valence-electron chi connectivity index (χ4n) is 3.00. The number of ether oxygens (including phenoxy) is 2. The molecule has 0 radical (unpaired) electrons. The van der Waals surface area contributed by atoms with E-state index in [1.165, 1.54) is 11.1 Å². The first-order valence-corrected chi connectivity index (χ1v) is 7.84. The molecular formula is C21H18O2. The Kier molecular flexibility index (Phi) is 3.30. The smallest absolute Gasteiger partial charge is 0.275 e. The highest BCUT2D eigenvalue weighted by Crippen LogP contribution is 2.38. The molecule has 2 heteroatoms. The van der Waals surface area contributed by atoms with Crippen LogP contribution in [0.2, 0.25) is 0 Å². The van der Waals surface area contributed by atoms with Crippen molar-refractivity contribution >= 4 is 0 Å². The Balaban J connectivity index is 1.89. The van der Waals surface area contributed by atoms with Crippen LogP contribution in [0.1, 0.15) is 23.6 Å². The monoisotopic (exact) mass is 302 g/mol. The molecule has 0 aliphatic carbocycles. The van der Waals surface area contributed by atoms with Gasteiger partial charge in [0.05, 0.1) is 0 Å². The van der Waals surface area contributed by atoms with E-state index < -0.39 is 5.79 Å². The van der Waals surface area contributed by atoms with Gasteiger partial charge in [-0.15, -0.1) is 0 Å². The third-order valence-corrected chi connectivity index (χ3v) is 4.23. The van der Waals surface area contributed by atoms with Crippen LogP contribution in [0.25, 0.3) is 0 Å². The summed E-state index contributed by atoms with van der Waals surface area (Å²) in [5, 5.41) is 0. The normalized spacial score (nSPS) is 15.2. The number of hydrogen-bond acceptors (Lipinski definition) is 2. The van der Waals surface area contributed by atoms with Crippen LogP contribution in [0.15, 0.2) is 78.9 Å². The fourth-order valence-corrected chi connectivity index (χ4v) is 3.00. The molecule has 23 heavy (non-hydrogen) atoms. The summed E-state index contributed by atoms with van der Waals surface area (Å²) in [5.41, 5.74) is 3.34. The molecule has 1 aliphatic heterocycles. The second kappa shape index (κ2) is 5.47. The molecule has 0 atom stereocenters. The summed E-state index contributed by atoms with van der Waals surface area (Å²) in [6.45, 7) is 1.97. The number of para-hydroxylation sites is 2. The summed E-state index contributed by atoms with van der Waals surface area (Å²) in [6, 6.07) is 26.4. The third kappa shape index (κ3) is 2.57. The van der Waals surface area contributed by atoms with Crippen LogP contribution >= 0.6 is 0 Å². The van der Waals surface area contributed by atoms with Gasteiger partial charge in [0.15, 0.2) is 0 Å². The summed E-state index contributed by atoms with van der Waals surface area (Å²) in [4.78, 5) is 0. The molecule has 0 unspecified atom stereocenters. The molecule has 1 aliphatic rings. The van der Waals surface area contributed by atoms with Crippen molar-refractivity contribution in [3.05, 3.63) is 95.6 Å². The summed E-state index contributed by atoms with van der Waals surface area (Å²) in [7, 11) is 0. The van der Waals surface area contributed by atoms with E-state index in [-0.39, 0.29) is 0 Å². The molecule has 0 N–H and O–H groups in total. The highest BCUT2D eigenvalue weighted by atomic mass is 16.7. The highest BCUT2D eigenvalue weighted by Gasteiger charge is 2.34. The predicted octanol–water partition coefficient (Wildman–Crippen LogP) is 4.92. The minimum absolute atomic E-state index is 0.803. The minimum Gasteiger partial charge on any atom is -0.448 e. The van der Waals surface area contributed by atoms with Crippen molar-refractivity contribution in [2.75, 3.05) is 0 Å². The van der Waals surface area contributed by atoms with Crippen molar-refractivity contribution in [3.63, 3.8) is 0 Å². The highest BCUT2D eigenvalue weighted by molar-refractivity contribution is 5.45. The first-order valence-electron chi connectivity index (χ1n) is 7.84. The predicted molar refractivity (Wildman–Crippen MR) is 90.7 cm³/mol. The fraction of sp³-hybridized carbons (Fsp3) is 0.143. The Morgan fingerprint density at radius 2 is 1.13 bits per heavy atom. The van der Waals surface area contributed by atoms with Gasteiger partial charge in [0.1, 0.15) is 11.5 Å². The van der Waals surface area contributed by atoms with Crippen LogP contribution in [-0.4, -0.2) is 0 Å². The van der Waals surface area contributed by atoms with Crippen LogP contribution in [-0.2, 0) is 12.2 Å². The van der Waals surface area contributed by atoms with E-state index in [1.54, 1.807) is 0 Å². The van der Waals surface area contributed by atoms with Crippen LogP contribution < -0.4 is 9.47 Å². The van der Waals surface area contributed by atoms with Crippen molar-refractivity contribution in [3.8, 4) is 11.5 Å². The van der Waals surface area contributed by atoms with Crippen LogP contribution in [0.3, 0.4) is 0 Å². The lowest BCUT2D eigenvalue weighted by Crippen LogP contribution is -2.37. The van der Waals surface area contributed by atoms with E-state index >= 15 is 0 Å². The standard InChI is InChI=1S/C21H18O2/c1-21(18-11-3-2-4-12-18)22-19-13-7-5-9-16(19)15-17-10-6-8-14-20(17)23-21/h2-14H,15H2,1H3. The first-order chi connectivity index (χ1) is 11.2. The van der Waals surface area contributed by atoms with Gasteiger partial charge >= 0.3 is 0 Å². The van der Waals surface area contributed by atoms with Gasteiger partial charge in [0.2, 0.25) is 0 Å². The molecule has 0 fully saturated rings. The molecule has 0 saturated carbocycles. The van der Waals surface area contributed by atoms with Crippen molar-refractivity contribution in [2.24, 2.45) is 0 Å². The summed E-state index contributed by atoms with van der Waals surface area (Å²) >= 11 is 0. The zero-order valence-corrected chi connectivity index (χ0v) is 13.0. The molecule has 2 nitrogen and oxygen atoms in total. The Morgan fingerprint density at radius 3 is 1.70 bits per heavy atom.